The van der Waals surface area contributed by atoms with Gasteiger partial charge in [0, 0.05) is 37.9 Å². The van der Waals surface area contributed by atoms with Gasteiger partial charge in [0.1, 0.15) is 0 Å². The van der Waals surface area contributed by atoms with Crippen LogP contribution in [0.3, 0.4) is 0 Å². The maximum Gasteiger partial charge on any atom is 0 e. The first-order valence-electron chi connectivity index (χ1n) is 0.689. The van der Waals surface area contributed by atoms with E-state index >= 15 is 0 Å². The van der Waals surface area contributed by atoms with Gasteiger partial charge in [-0.2, -0.15) is 0 Å². The van der Waals surface area contributed by atoms with Gasteiger partial charge in [0.2, 0.25) is 0 Å². The molecule has 0 aliphatic carbocycles. The Morgan fingerprint density at radius 3 is 1.67 bits per heavy atom. The molecule has 1 nitrogen and oxygen atoms in total. The van der Waals surface area contributed by atoms with Crippen molar-refractivity contribution in [3.8, 4) is 0 Å². The zero-order valence-corrected chi connectivity index (χ0v) is 14.6. The topological polar surface area (TPSA) is 12.0 Å². The van der Waals surface area contributed by atoms with E-state index in [1.807, 2.05) is 0 Å². The zero-order valence-electron chi connectivity index (χ0n) is 5.79. The molecule has 0 bridgehead atoms. The Morgan fingerprint density at radius 2 is 1.67 bits per heavy atom. The number of nitrogens with one attached hydrogen (secondary N) is 1. The molecule has 0 rings (SSSR count). The fourth-order valence-electron chi connectivity index (χ4n) is 0. The molecule has 0 aliphatic heterocycles. The van der Waals surface area contributed by atoms with E-state index in [1.54, 1.807) is 7.05 Å². The molecule has 0 aliphatic rings. The molecule has 34 valence electrons. The summed E-state index contributed by atoms with van der Waals surface area (Å²) in [4.78, 5) is 0. The summed E-state index contributed by atoms with van der Waals surface area (Å²) in [6, 6.07) is 0. The molecule has 0 aromatic heterocycles. The fraction of sp³-hybridized carbons (Fsp3) is 1.00. The van der Waals surface area contributed by atoms with Crippen LogP contribution in [-0.4, -0.2) is 72.1 Å². The van der Waals surface area contributed by atoms with Gasteiger partial charge in [-0.05, 0) is 7.05 Å². The summed E-state index contributed by atoms with van der Waals surface area (Å²) in [6.07, 6.45) is 0. The minimum Gasteiger partial charge on any atom is 0 e. The molecule has 0 saturated carbocycles. The van der Waals surface area contributed by atoms with Gasteiger partial charge in [-0.15, -0.1) is 0 Å². The van der Waals surface area contributed by atoms with Gasteiger partial charge < -0.3 is 2.85 Å². The first-order valence-corrected chi connectivity index (χ1v) is 1.48. The average Bonchev–Trinajstić information content (AvgIpc) is 0.918. The fourth-order valence-corrected chi connectivity index (χ4v) is 0. The number of rotatable bonds is 0. The molecular formula is CH8BrCaNPbTi. The molecule has 6 heavy (non-hydrogen) atoms. The standard InChI is InChI=1S/CH4BrN.Ca.Pb.Ti.4H/c1-3-2;;;;;;;/h3H,1H3;;;;;;;/q;+2;;;;;2*-1. The third kappa shape index (κ3) is 26.5. The van der Waals surface area contributed by atoms with Crippen molar-refractivity contribution >= 4 is 81.2 Å². The third-order valence-electron chi connectivity index (χ3n) is 0. The van der Waals surface area contributed by atoms with Gasteiger partial charge in [0.25, 0.3) is 0 Å². The molecule has 0 aromatic carbocycles. The first kappa shape index (κ1) is 22.8. The number of hydrogen-bond acceptors (Lipinski definition) is 1. The molecule has 0 heterocycles. The Bertz CT molecular complexity index is 22.0. The Labute approximate surface area is 115 Å². The second-order valence-corrected chi connectivity index (χ2v) is 0.982. The normalized spacial score (nSPS) is 3.00. The van der Waals surface area contributed by atoms with E-state index in [2.05, 4.69) is 20.5 Å². The van der Waals surface area contributed by atoms with E-state index in [0.29, 0.717) is 0 Å². The molecule has 0 unspecified atom stereocenters. The minimum absolute atomic E-state index is 0. The van der Waals surface area contributed by atoms with E-state index < -0.39 is 0 Å². The van der Waals surface area contributed by atoms with Crippen molar-refractivity contribution in [2.45, 2.75) is 0 Å². The Kier molecular flexibility index (Phi) is 90.6. The second kappa shape index (κ2) is 23.9. The number of halogens is 1. The van der Waals surface area contributed by atoms with Crippen LogP contribution in [0.25, 0.3) is 0 Å². The van der Waals surface area contributed by atoms with Crippen LogP contribution in [0, 0.1) is 0 Å². The molecular weight excluding hydrogens is 401 g/mol. The van der Waals surface area contributed by atoms with Gasteiger partial charge in [0.05, 0.1) is 0 Å². The Balaban J connectivity index is -0.00000000200. The summed E-state index contributed by atoms with van der Waals surface area (Å²) in [7, 11) is 1.79. The monoisotopic (exact) mass is 409 g/mol. The van der Waals surface area contributed by atoms with E-state index in [1.165, 1.54) is 0 Å². The van der Waals surface area contributed by atoms with Crippen molar-refractivity contribution in [2.75, 3.05) is 7.05 Å². The van der Waals surface area contributed by atoms with E-state index in [0.717, 1.165) is 0 Å². The largest absolute Gasteiger partial charge is 0 e. The van der Waals surface area contributed by atoms with Gasteiger partial charge in [-0.25, -0.2) is 0 Å². The summed E-state index contributed by atoms with van der Waals surface area (Å²) >= 11 is 2.90. The van der Waals surface area contributed by atoms with Crippen LogP contribution in [0.2, 0.25) is 0 Å². The molecule has 2 radical (unpaired) electrons. The van der Waals surface area contributed by atoms with Gasteiger partial charge in [-0.3, -0.25) is 4.34 Å². The van der Waals surface area contributed by atoms with Crippen LogP contribution in [0.1, 0.15) is 2.85 Å². The van der Waals surface area contributed by atoms with Crippen molar-refractivity contribution in [1.82, 2.24) is 4.34 Å². The van der Waals surface area contributed by atoms with Crippen LogP contribution in [0.4, 0.5) is 0 Å². The first-order chi connectivity index (χ1) is 1.41. The SMILES string of the molecule is CNBr.[Ca+2].[H-].[H-].[PbH2].[Ti]. The molecule has 0 atom stereocenters. The smallest absolute Gasteiger partial charge is 0 e. The van der Waals surface area contributed by atoms with Crippen LogP contribution in [0.5, 0.6) is 0 Å². The molecule has 0 amide bonds. The van der Waals surface area contributed by atoms with Crippen molar-refractivity contribution in [1.29, 1.82) is 0 Å². The summed E-state index contributed by atoms with van der Waals surface area (Å²) in [5, 5.41) is 0. The predicted molar refractivity (Wildman–Crippen MR) is 34.5 cm³/mol. The van der Waals surface area contributed by atoms with E-state index in [4.69, 9.17) is 0 Å². The Morgan fingerprint density at radius 1 is 1.67 bits per heavy atom. The maximum atomic E-state index is 2.90. The molecule has 0 spiro atoms. The average molecular weight is 409 g/mol. The van der Waals surface area contributed by atoms with Crippen LogP contribution in [-0.2, 0) is 21.7 Å². The number of hydrogen-bond donors (Lipinski definition) is 1. The maximum absolute atomic E-state index is 2.90. The van der Waals surface area contributed by atoms with Crippen LogP contribution < -0.4 is 4.34 Å². The van der Waals surface area contributed by atoms with Crippen molar-refractivity contribution in [3.05, 3.63) is 0 Å². The van der Waals surface area contributed by atoms with Gasteiger partial charge in [0.15, 0.2) is 0 Å². The predicted octanol–water partition coefficient (Wildman–Crippen LogP) is -0.559. The van der Waals surface area contributed by atoms with Gasteiger partial charge in [-0.1, -0.05) is 0 Å². The van der Waals surface area contributed by atoms with Crippen LogP contribution in [0.15, 0.2) is 0 Å². The second-order valence-electron chi connectivity index (χ2n) is 0.189. The quantitative estimate of drug-likeness (QED) is 0.418. The summed E-state index contributed by atoms with van der Waals surface area (Å²) < 4.78 is 2.56. The summed E-state index contributed by atoms with van der Waals surface area (Å²) in [5.74, 6) is 0. The summed E-state index contributed by atoms with van der Waals surface area (Å²) in [6.45, 7) is 0. The van der Waals surface area contributed by atoms with Crippen molar-refractivity contribution in [3.63, 3.8) is 0 Å². The minimum atomic E-state index is 0. The van der Waals surface area contributed by atoms with Crippen molar-refractivity contribution in [2.24, 2.45) is 0 Å². The Hall–Kier alpha value is 3.34. The molecule has 0 aromatic rings. The molecule has 0 fully saturated rings. The van der Waals surface area contributed by atoms with Crippen LogP contribution >= 0.6 is 16.1 Å². The van der Waals surface area contributed by atoms with E-state index in [9.17, 15) is 0 Å². The molecule has 0 saturated heterocycles. The van der Waals surface area contributed by atoms with E-state index in [-0.39, 0.29) is 89.6 Å². The van der Waals surface area contributed by atoms with Gasteiger partial charge >= 0.3 is 65.0 Å². The summed E-state index contributed by atoms with van der Waals surface area (Å²) in [5.41, 5.74) is 0. The van der Waals surface area contributed by atoms with Crippen molar-refractivity contribution < 1.29 is 24.6 Å². The zero-order chi connectivity index (χ0) is 2.71. The third-order valence-corrected chi connectivity index (χ3v) is 0. The molecule has 1 N–H and O–H groups in total. The molecule has 5 heteroatoms.